The number of Topliss-reactive ketones (excluding diaryl/α,β-unsaturated/α-hetero) is 1. The molecule has 0 N–H and O–H groups in total. The maximum Gasteiger partial charge on any atom is 0.417 e. The summed E-state index contributed by atoms with van der Waals surface area (Å²) < 4.78 is 43.1. The number of ether oxygens (including phenoxy) is 1. The minimum atomic E-state index is -4.51. The van der Waals surface area contributed by atoms with Crippen LogP contribution in [0.5, 0.6) is 0 Å². The van der Waals surface area contributed by atoms with E-state index in [1.165, 1.54) is 19.3 Å². The van der Waals surface area contributed by atoms with Gasteiger partial charge in [-0.2, -0.15) is 13.2 Å². The lowest BCUT2D eigenvalue weighted by Gasteiger charge is -2.08. The fourth-order valence-corrected chi connectivity index (χ4v) is 1.64. The fourth-order valence-electron chi connectivity index (χ4n) is 1.64. The molecule has 0 aliphatic carbocycles. The number of imidazole rings is 1. The number of ketones is 1. The highest BCUT2D eigenvalue weighted by Gasteiger charge is 2.31. The third-order valence-electron chi connectivity index (χ3n) is 2.63. The van der Waals surface area contributed by atoms with Gasteiger partial charge in [0.15, 0.2) is 5.82 Å². The summed E-state index contributed by atoms with van der Waals surface area (Å²) in [4.78, 5) is 30.6. The minimum absolute atomic E-state index is 0.0177. The van der Waals surface area contributed by atoms with Crippen molar-refractivity contribution in [3.8, 4) is 5.82 Å². The zero-order chi connectivity index (χ0) is 16.3. The van der Waals surface area contributed by atoms with Crippen molar-refractivity contribution in [3.63, 3.8) is 0 Å². The molecule has 0 aromatic carbocycles. The largest absolute Gasteiger partial charge is 0.460 e. The number of esters is 1. The van der Waals surface area contributed by atoms with Crippen molar-refractivity contribution in [3.05, 3.63) is 42.1 Å². The lowest BCUT2D eigenvalue weighted by Crippen LogP contribution is -2.21. The Bertz CT molecular complexity index is 693. The van der Waals surface area contributed by atoms with Crippen LogP contribution in [0.2, 0.25) is 0 Å². The van der Waals surface area contributed by atoms with Crippen LogP contribution in [-0.2, 0) is 15.7 Å². The van der Waals surface area contributed by atoms with Gasteiger partial charge in [-0.3, -0.25) is 9.36 Å². The van der Waals surface area contributed by atoms with E-state index in [4.69, 9.17) is 0 Å². The molecule has 0 amide bonds. The first-order valence-corrected chi connectivity index (χ1v) is 6.13. The molecule has 22 heavy (non-hydrogen) atoms. The first-order valence-electron chi connectivity index (χ1n) is 6.13. The summed E-state index contributed by atoms with van der Waals surface area (Å²) in [7, 11) is 0. The van der Waals surface area contributed by atoms with Crippen molar-refractivity contribution < 1.29 is 27.5 Å². The Balaban J connectivity index is 2.33. The second-order valence-corrected chi connectivity index (χ2v) is 4.07. The highest BCUT2D eigenvalue weighted by atomic mass is 19.4. The molecule has 0 spiro atoms. The van der Waals surface area contributed by atoms with E-state index < -0.39 is 23.5 Å². The van der Waals surface area contributed by atoms with Crippen LogP contribution < -0.4 is 0 Å². The predicted octanol–water partition coefficient (Wildman–Crippen LogP) is 2.03. The molecule has 0 fully saturated rings. The molecule has 6 nitrogen and oxygen atoms in total. The smallest absolute Gasteiger partial charge is 0.417 e. The summed E-state index contributed by atoms with van der Waals surface area (Å²) >= 11 is 0. The van der Waals surface area contributed by atoms with Crippen molar-refractivity contribution in [2.45, 2.75) is 13.1 Å². The molecule has 0 radical (unpaired) electrons. The quantitative estimate of drug-likeness (QED) is 0.490. The molecule has 0 saturated carbocycles. The van der Waals surface area contributed by atoms with Crippen LogP contribution in [-0.4, -0.2) is 32.9 Å². The first-order chi connectivity index (χ1) is 10.3. The summed E-state index contributed by atoms with van der Waals surface area (Å²) in [5.74, 6) is -2.36. The molecular weight excluding hydrogens is 303 g/mol. The molecule has 2 rings (SSSR count). The molecule has 0 aliphatic heterocycles. The first kappa shape index (κ1) is 15.7. The molecule has 0 atom stereocenters. The van der Waals surface area contributed by atoms with Crippen LogP contribution in [0.15, 0.2) is 30.7 Å². The van der Waals surface area contributed by atoms with Gasteiger partial charge >= 0.3 is 17.9 Å². The fraction of sp³-hybridized carbons (Fsp3) is 0.231. The van der Waals surface area contributed by atoms with Crippen molar-refractivity contribution >= 4 is 11.8 Å². The van der Waals surface area contributed by atoms with Crippen LogP contribution in [0.25, 0.3) is 5.82 Å². The summed E-state index contributed by atoms with van der Waals surface area (Å²) in [5, 5.41) is 0. The van der Waals surface area contributed by atoms with Gasteiger partial charge in [-0.05, 0) is 19.1 Å². The van der Waals surface area contributed by atoms with Gasteiger partial charge in [0, 0.05) is 18.6 Å². The van der Waals surface area contributed by atoms with Gasteiger partial charge in [-0.15, -0.1) is 0 Å². The third kappa shape index (κ3) is 3.13. The number of carbonyl (C=O) groups excluding carboxylic acids is 2. The zero-order valence-corrected chi connectivity index (χ0v) is 11.3. The molecular formula is C13H10F3N3O3. The molecule has 0 aliphatic rings. The van der Waals surface area contributed by atoms with Gasteiger partial charge in [0.25, 0.3) is 0 Å². The summed E-state index contributed by atoms with van der Waals surface area (Å²) in [5.41, 5.74) is -0.922. The molecule has 0 unspecified atom stereocenters. The van der Waals surface area contributed by atoms with Crippen molar-refractivity contribution in [2.75, 3.05) is 6.61 Å². The van der Waals surface area contributed by atoms with Crippen molar-refractivity contribution in [1.82, 2.24) is 14.5 Å². The van der Waals surface area contributed by atoms with E-state index in [1.807, 2.05) is 0 Å². The summed E-state index contributed by atoms with van der Waals surface area (Å²) in [6, 6.07) is 1.90. The van der Waals surface area contributed by atoms with E-state index in [-0.39, 0.29) is 18.2 Å². The molecule has 9 heteroatoms. The Morgan fingerprint density at radius 2 is 2.00 bits per heavy atom. The Morgan fingerprint density at radius 1 is 1.27 bits per heavy atom. The SMILES string of the molecule is CCOC(=O)C(=O)c1nccn1-c1ccc(C(F)(F)F)cn1. The topological polar surface area (TPSA) is 74.1 Å². The number of rotatable bonds is 4. The molecule has 2 aromatic heterocycles. The van der Waals surface area contributed by atoms with E-state index in [0.29, 0.717) is 6.20 Å². The molecule has 2 aromatic rings. The van der Waals surface area contributed by atoms with Gasteiger partial charge in [0.2, 0.25) is 0 Å². The van der Waals surface area contributed by atoms with Crippen LogP contribution >= 0.6 is 0 Å². The van der Waals surface area contributed by atoms with Gasteiger partial charge in [0.05, 0.1) is 12.2 Å². The molecule has 116 valence electrons. The number of nitrogens with zero attached hydrogens (tertiary/aromatic N) is 3. The Kier molecular flexibility index (Phi) is 4.25. The maximum absolute atomic E-state index is 12.5. The number of pyridine rings is 1. The highest BCUT2D eigenvalue weighted by Crippen LogP contribution is 2.28. The predicted molar refractivity (Wildman–Crippen MR) is 67.3 cm³/mol. The van der Waals surface area contributed by atoms with Gasteiger partial charge in [-0.1, -0.05) is 0 Å². The average molecular weight is 313 g/mol. The Morgan fingerprint density at radius 3 is 2.55 bits per heavy atom. The van der Waals surface area contributed by atoms with Gasteiger partial charge in [-0.25, -0.2) is 14.8 Å². The summed E-state index contributed by atoms with van der Waals surface area (Å²) in [6.07, 6.45) is -1.34. The third-order valence-corrected chi connectivity index (χ3v) is 2.63. The van der Waals surface area contributed by atoms with E-state index >= 15 is 0 Å². The average Bonchev–Trinajstić information content (AvgIpc) is 2.95. The number of hydrogen-bond acceptors (Lipinski definition) is 5. The van der Waals surface area contributed by atoms with E-state index in [0.717, 1.165) is 16.7 Å². The van der Waals surface area contributed by atoms with Crippen LogP contribution in [0.3, 0.4) is 0 Å². The molecule has 0 bridgehead atoms. The van der Waals surface area contributed by atoms with Gasteiger partial charge in [0.1, 0.15) is 5.82 Å². The number of aromatic nitrogens is 3. The summed E-state index contributed by atoms with van der Waals surface area (Å²) in [6.45, 7) is 1.55. The standard InChI is InChI=1S/C13H10F3N3O3/c1-2-22-12(21)10(20)11-17-5-6-19(11)9-4-3-8(7-18-9)13(14,15)16/h3-7H,2H2,1H3. The monoisotopic (exact) mass is 313 g/mol. The van der Waals surface area contributed by atoms with Crippen LogP contribution in [0, 0.1) is 0 Å². The number of halogens is 3. The van der Waals surface area contributed by atoms with Crippen LogP contribution in [0.4, 0.5) is 13.2 Å². The zero-order valence-electron chi connectivity index (χ0n) is 11.3. The highest BCUT2D eigenvalue weighted by molar-refractivity contribution is 6.39. The lowest BCUT2D eigenvalue weighted by atomic mass is 10.2. The number of hydrogen-bond donors (Lipinski definition) is 0. The molecule has 2 heterocycles. The van der Waals surface area contributed by atoms with Crippen molar-refractivity contribution in [2.24, 2.45) is 0 Å². The Labute approximate surface area is 122 Å². The normalized spacial score (nSPS) is 11.3. The van der Waals surface area contributed by atoms with E-state index in [2.05, 4.69) is 14.7 Å². The van der Waals surface area contributed by atoms with Crippen LogP contribution in [0.1, 0.15) is 23.1 Å². The number of alkyl halides is 3. The van der Waals surface area contributed by atoms with E-state index in [9.17, 15) is 22.8 Å². The minimum Gasteiger partial charge on any atom is -0.460 e. The number of carbonyl (C=O) groups is 2. The van der Waals surface area contributed by atoms with Gasteiger partial charge < -0.3 is 4.74 Å². The van der Waals surface area contributed by atoms with Crippen molar-refractivity contribution in [1.29, 1.82) is 0 Å². The lowest BCUT2D eigenvalue weighted by molar-refractivity contribution is -0.138. The second-order valence-electron chi connectivity index (χ2n) is 4.07. The maximum atomic E-state index is 12.5. The molecule has 0 saturated heterocycles. The Hall–Kier alpha value is -2.71. The van der Waals surface area contributed by atoms with E-state index in [1.54, 1.807) is 0 Å². The second kappa shape index (κ2) is 5.96.